The number of carbonyl (C=O) groups excluding carboxylic acids is 2. The second-order valence-electron chi connectivity index (χ2n) is 7.36. The molecule has 6 heteroatoms. The Labute approximate surface area is 170 Å². The van der Waals surface area contributed by atoms with E-state index >= 15 is 0 Å². The maximum absolute atomic E-state index is 13.2. The van der Waals surface area contributed by atoms with Crippen LogP contribution in [0.5, 0.6) is 0 Å². The minimum absolute atomic E-state index is 0.00629. The van der Waals surface area contributed by atoms with Crippen molar-refractivity contribution >= 4 is 23.1 Å². The van der Waals surface area contributed by atoms with Crippen LogP contribution in [0.3, 0.4) is 0 Å². The first-order valence-electron chi connectivity index (χ1n) is 9.60. The Morgan fingerprint density at radius 1 is 1.00 bits per heavy atom. The first-order valence-corrected chi connectivity index (χ1v) is 9.60. The standard InChI is InChI=1S/C23H25FN2O3/c1-14(2)29-12-11-26-22(27)20(17-6-5-15(3)16(4)13-17)21(23(26)28)25-19-9-7-18(24)8-10-19/h5-10,13-14,25H,11-12H2,1-4H3. The van der Waals surface area contributed by atoms with Gasteiger partial charge in [0.2, 0.25) is 0 Å². The molecule has 0 aromatic heterocycles. The largest absolute Gasteiger partial charge is 0.377 e. The summed E-state index contributed by atoms with van der Waals surface area (Å²) >= 11 is 0. The van der Waals surface area contributed by atoms with E-state index in [0.717, 1.165) is 11.1 Å². The molecule has 1 heterocycles. The van der Waals surface area contributed by atoms with Crippen molar-refractivity contribution in [1.82, 2.24) is 4.90 Å². The lowest BCUT2D eigenvalue weighted by molar-refractivity contribution is -0.137. The van der Waals surface area contributed by atoms with E-state index in [0.29, 0.717) is 16.8 Å². The molecule has 2 aromatic carbocycles. The average molecular weight is 396 g/mol. The summed E-state index contributed by atoms with van der Waals surface area (Å²) in [4.78, 5) is 27.4. The second kappa shape index (κ2) is 8.57. The number of ether oxygens (including phenoxy) is 1. The Morgan fingerprint density at radius 2 is 1.69 bits per heavy atom. The van der Waals surface area contributed by atoms with Gasteiger partial charge in [-0.05, 0) is 68.7 Å². The summed E-state index contributed by atoms with van der Waals surface area (Å²) in [7, 11) is 0. The molecule has 0 aliphatic carbocycles. The zero-order valence-corrected chi connectivity index (χ0v) is 17.1. The molecule has 2 aromatic rings. The first kappa shape index (κ1) is 20.7. The summed E-state index contributed by atoms with van der Waals surface area (Å²) in [6.07, 6.45) is 0.00629. The predicted molar refractivity (Wildman–Crippen MR) is 111 cm³/mol. The number of amides is 2. The number of rotatable bonds is 7. The third kappa shape index (κ3) is 4.54. The highest BCUT2D eigenvalue weighted by Crippen LogP contribution is 2.31. The smallest absolute Gasteiger partial charge is 0.278 e. The van der Waals surface area contributed by atoms with Crippen molar-refractivity contribution in [3.63, 3.8) is 0 Å². The molecular weight excluding hydrogens is 371 g/mol. The van der Waals surface area contributed by atoms with Crippen LogP contribution in [0.4, 0.5) is 10.1 Å². The fourth-order valence-electron chi connectivity index (χ4n) is 3.12. The number of benzene rings is 2. The van der Waals surface area contributed by atoms with Crippen LogP contribution in [0, 0.1) is 19.7 Å². The summed E-state index contributed by atoms with van der Waals surface area (Å²) in [5.74, 6) is -1.16. The molecular formula is C23H25FN2O3. The molecule has 0 unspecified atom stereocenters. The van der Waals surface area contributed by atoms with Crippen molar-refractivity contribution in [2.75, 3.05) is 18.5 Å². The Morgan fingerprint density at radius 3 is 2.31 bits per heavy atom. The van der Waals surface area contributed by atoms with Crippen LogP contribution >= 0.6 is 0 Å². The zero-order valence-electron chi connectivity index (χ0n) is 17.1. The Balaban J connectivity index is 1.98. The van der Waals surface area contributed by atoms with Gasteiger partial charge in [-0.25, -0.2) is 4.39 Å². The van der Waals surface area contributed by atoms with Gasteiger partial charge in [0.15, 0.2) is 0 Å². The monoisotopic (exact) mass is 396 g/mol. The highest BCUT2D eigenvalue weighted by Gasteiger charge is 2.39. The van der Waals surface area contributed by atoms with Gasteiger partial charge in [-0.1, -0.05) is 18.2 Å². The van der Waals surface area contributed by atoms with Crippen LogP contribution in [-0.2, 0) is 14.3 Å². The van der Waals surface area contributed by atoms with Gasteiger partial charge in [-0.3, -0.25) is 14.5 Å². The summed E-state index contributed by atoms with van der Waals surface area (Å²) in [6.45, 7) is 8.17. The molecule has 0 fully saturated rings. The number of halogens is 1. The van der Waals surface area contributed by atoms with Gasteiger partial charge in [0, 0.05) is 5.69 Å². The normalized spacial score (nSPS) is 14.3. The summed E-state index contributed by atoms with van der Waals surface area (Å²) in [5.41, 5.74) is 3.83. The van der Waals surface area contributed by atoms with Crippen LogP contribution in [0.2, 0.25) is 0 Å². The van der Waals surface area contributed by atoms with Crippen LogP contribution in [-0.4, -0.2) is 36.0 Å². The minimum atomic E-state index is -0.417. The molecule has 0 atom stereocenters. The molecule has 0 bridgehead atoms. The van der Waals surface area contributed by atoms with Gasteiger partial charge in [-0.2, -0.15) is 0 Å². The molecule has 1 aliphatic heterocycles. The van der Waals surface area contributed by atoms with E-state index in [1.54, 1.807) is 0 Å². The zero-order chi connectivity index (χ0) is 21.1. The third-order valence-corrected chi connectivity index (χ3v) is 4.84. The molecule has 0 spiro atoms. The van der Waals surface area contributed by atoms with Gasteiger partial charge in [0.1, 0.15) is 11.5 Å². The molecule has 29 heavy (non-hydrogen) atoms. The summed E-state index contributed by atoms with van der Waals surface area (Å²) in [6, 6.07) is 11.3. The van der Waals surface area contributed by atoms with Crippen molar-refractivity contribution in [3.8, 4) is 0 Å². The summed E-state index contributed by atoms with van der Waals surface area (Å²) in [5, 5.41) is 3.02. The maximum atomic E-state index is 13.2. The van der Waals surface area contributed by atoms with Crippen LogP contribution < -0.4 is 5.32 Å². The minimum Gasteiger partial charge on any atom is -0.377 e. The highest BCUT2D eigenvalue weighted by molar-refractivity contribution is 6.36. The van der Waals surface area contributed by atoms with Gasteiger partial charge >= 0.3 is 0 Å². The lowest BCUT2D eigenvalue weighted by Gasteiger charge is -2.16. The lowest BCUT2D eigenvalue weighted by atomic mass is 9.99. The number of hydrogen-bond donors (Lipinski definition) is 1. The maximum Gasteiger partial charge on any atom is 0.278 e. The molecule has 0 saturated heterocycles. The first-order chi connectivity index (χ1) is 13.8. The Hall–Kier alpha value is -2.99. The van der Waals surface area contributed by atoms with E-state index < -0.39 is 5.91 Å². The molecule has 0 radical (unpaired) electrons. The molecule has 152 valence electrons. The van der Waals surface area contributed by atoms with Crippen molar-refractivity contribution in [2.24, 2.45) is 0 Å². The van der Waals surface area contributed by atoms with E-state index in [2.05, 4.69) is 5.32 Å². The van der Waals surface area contributed by atoms with Crippen LogP contribution in [0.1, 0.15) is 30.5 Å². The van der Waals surface area contributed by atoms with E-state index in [1.165, 1.54) is 29.2 Å². The molecule has 0 saturated carbocycles. The number of nitrogens with zero attached hydrogens (tertiary/aromatic N) is 1. The van der Waals surface area contributed by atoms with Crippen LogP contribution in [0.25, 0.3) is 5.57 Å². The van der Waals surface area contributed by atoms with Crippen molar-refractivity contribution in [1.29, 1.82) is 0 Å². The van der Waals surface area contributed by atoms with Crippen molar-refractivity contribution in [3.05, 3.63) is 70.7 Å². The van der Waals surface area contributed by atoms with E-state index in [9.17, 15) is 14.0 Å². The van der Waals surface area contributed by atoms with Crippen LogP contribution in [0.15, 0.2) is 48.2 Å². The van der Waals surface area contributed by atoms with Gasteiger partial charge < -0.3 is 10.1 Å². The lowest BCUT2D eigenvalue weighted by Crippen LogP contribution is -2.35. The van der Waals surface area contributed by atoms with Gasteiger partial charge in [0.25, 0.3) is 11.8 Å². The van der Waals surface area contributed by atoms with E-state index in [-0.39, 0.29) is 36.7 Å². The Bertz CT molecular complexity index is 965. The highest BCUT2D eigenvalue weighted by atomic mass is 19.1. The quantitative estimate of drug-likeness (QED) is 0.717. The second-order valence-corrected chi connectivity index (χ2v) is 7.36. The predicted octanol–water partition coefficient (Wildman–Crippen LogP) is 4.06. The average Bonchev–Trinajstić information content (AvgIpc) is 2.90. The fraction of sp³-hybridized carbons (Fsp3) is 0.304. The van der Waals surface area contributed by atoms with Crippen molar-refractivity contribution in [2.45, 2.75) is 33.8 Å². The number of carbonyl (C=O) groups is 2. The molecule has 5 nitrogen and oxygen atoms in total. The van der Waals surface area contributed by atoms with E-state index in [4.69, 9.17) is 4.74 Å². The number of hydrogen-bond acceptors (Lipinski definition) is 4. The Kier molecular flexibility index (Phi) is 6.13. The van der Waals surface area contributed by atoms with E-state index in [1.807, 2.05) is 45.9 Å². The molecule has 2 amide bonds. The molecule has 1 aliphatic rings. The number of nitrogens with one attached hydrogen (secondary N) is 1. The van der Waals surface area contributed by atoms with Crippen molar-refractivity contribution < 1.29 is 18.7 Å². The number of imide groups is 1. The van der Waals surface area contributed by atoms with Gasteiger partial charge in [0.05, 0.1) is 24.8 Å². The number of anilines is 1. The molecule has 1 N–H and O–H groups in total. The molecule has 3 rings (SSSR count). The third-order valence-electron chi connectivity index (χ3n) is 4.84. The number of aryl methyl sites for hydroxylation is 2. The topological polar surface area (TPSA) is 58.6 Å². The fourth-order valence-corrected chi connectivity index (χ4v) is 3.12. The summed E-state index contributed by atoms with van der Waals surface area (Å²) < 4.78 is 18.8. The van der Waals surface area contributed by atoms with Gasteiger partial charge in [-0.15, -0.1) is 0 Å². The SMILES string of the molecule is Cc1ccc(C2=C(Nc3ccc(F)cc3)C(=O)N(CCOC(C)C)C2=O)cc1C.